The standard InChI is InChI=1S/C18H25ClN2O2/c1-23-17-12-13(6-7-16(17)19)18(22)20-14-8-10-21(11-9-14)15-4-2-3-5-15/h6-7,12,14-15H,2-5,8-11H2,1H3,(H,20,22). The predicted molar refractivity (Wildman–Crippen MR) is 92.3 cm³/mol. The molecule has 1 N–H and O–H groups in total. The van der Waals surface area contributed by atoms with E-state index in [1.165, 1.54) is 25.7 Å². The molecule has 2 fully saturated rings. The van der Waals surface area contributed by atoms with E-state index in [2.05, 4.69) is 10.2 Å². The van der Waals surface area contributed by atoms with E-state index in [1.54, 1.807) is 25.3 Å². The molecule has 4 nitrogen and oxygen atoms in total. The van der Waals surface area contributed by atoms with Crippen LogP contribution in [0.5, 0.6) is 5.75 Å². The molecule has 0 unspecified atom stereocenters. The average molecular weight is 337 g/mol. The summed E-state index contributed by atoms with van der Waals surface area (Å²) >= 11 is 6.01. The third-order valence-electron chi connectivity index (χ3n) is 5.12. The highest BCUT2D eigenvalue weighted by atomic mass is 35.5. The summed E-state index contributed by atoms with van der Waals surface area (Å²) in [6, 6.07) is 6.20. The number of nitrogens with one attached hydrogen (secondary N) is 1. The Morgan fingerprint density at radius 2 is 1.91 bits per heavy atom. The average Bonchev–Trinajstić information content (AvgIpc) is 3.10. The first-order chi connectivity index (χ1) is 11.2. The summed E-state index contributed by atoms with van der Waals surface area (Å²) in [4.78, 5) is 15.0. The first-order valence-electron chi connectivity index (χ1n) is 8.56. The van der Waals surface area contributed by atoms with Gasteiger partial charge in [0.05, 0.1) is 12.1 Å². The van der Waals surface area contributed by atoms with Crippen molar-refractivity contribution in [2.24, 2.45) is 0 Å². The third kappa shape index (κ3) is 3.99. The summed E-state index contributed by atoms with van der Waals surface area (Å²) in [5, 5.41) is 3.67. The van der Waals surface area contributed by atoms with E-state index in [-0.39, 0.29) is 11.9 Å². The number of ether oxygens (including phenoxy) is 1. The highest BCUT2D eigenvalue weighted by molar-refractivity contribution is 6.32. The summed E-state index contributed by atoms with van der Waals surface area (Å²) in [6.45, 7) is 2.19. The van der Waals surface area contributed by atoms with Gasteiger partial charge in [-0.15, -0.1) is 0 Å². The van der Waals surface area contributed by atoms with Crippen molar-refractivity contribution in [3.63, 3.8) is 0 Å². The molecule has 3 rings (SSSR count). The van der Waals surface area contributed by atoms with Crippen LogP contribution in [-0.2, 0) is 0 Å². The van der Waals surface area contributed by atoms with Crippen LogP contribution in [0.4, 0.5) is 0 Å². The molecule has 1 aliphatic carbocycles. The Hall–Kier alpha value is -1.26. The topological polar surface area (TPSA) is 41.6 Å². The second kappa shape index (κ2) is 7.54. The monoisotopic (exact) mass is 336 g/mol. The van der Waals surface area contributed by atoms with E-state index in [0.717, 1.165) is 32.0 Å². The van der Waals surface area contributed by atoms with Gasteiger partial charge in [0.25, 0.3) is 5.91 Å². The first-order valence-corrected chi connectivity index (χ1v) is 8.93. The number of carbonyl (C=O) groups excluding carboxylic acids is 1. The van der Waals surface area contributed by atoms with Gasteiger partial charge in [-0.1, -0.05) is 24.4 Å². The van der Waals surface area contributed by atoms with Crippen molar-refractivity contribution < 1.29 is 9.53 Å². The molecule has 1 aliphatic heterocycles. The molecular weight excluding hydrogens is 312 g/mol. The number of hydrogen-bond acceptors (Lipinski definition) is 3. The highest BCUT2D eigenvalue weighted by Crippen LogP contribution is 2.27. The minimum atomic E-state index is -0.0423. The Morgan fingerprint density at radius 3 is 2.57 bits per heavy atom. The molecule has 1 aromatic rings. The van der Waals surface area contributed by atoms with Gasteiger partial charge in [0.1, 0.15) is 5.75 Å². The van der Waals surface area contributed by atoms with Crippen molar-refractivity contribution in [3.05, 3.63) is 28.8 Å². The van der Waals surface area contributed by atoms with Gasteiger partial charge in [0, 0.05) is 30.7 Å². The molecule has 1 heterocycles. The molecular formula is C18H25ClN2O2. The minimum absolute atomic E-state index is 0.0423. The molecule has 1 saturated heterocycles. The van der Waals surface area contributed by atoms with Crippen LogP contribution in [0, 0.1) is 0 Å². The molecule has 2 aliphatic rings. The van der Waals surface area contributed by atoms with Gasteiger partial charge in [0.15, 0.2) is 0 Å². The molecule has 5 heteroatoms. The van der Waals surface area contributed by atoms with Crippen molar-refractivity contribution >= 4 is 17.5 Å². The van der Waals surface area contributed by atoms with Crippen LogP contribution in [0.15, 0.2) is 18.2 Å². The number of carbonyl (C=O) groups is 1. The fourth-order valence-electron chi connectivity index (χ4n) is 3.75. The van der Waals surface area contributed by atoms with Crippen molar-refractivity contribution in [1.82, 2.24) is 10.2 Å². The van der Waals surface area contributed by atoms with Gasteiger partial charge in [0.2, 0.25) is 0 Å². The number of benzene rings is 1. The zero-order valence-electron chi connectivity index (χ0n) is 13.7. The van der Waals surface area contributed by atoms with Crippen LogP contribution >= 0.6 is 11.6 Å². The van der Waals surface area contributed by atoms with E-state index in [4.69, 9.17) is 16.3 Å². The third-order valence-corrected chi connectivity index (χ3v) is 5.43. The number of amides is 1. The van der Waals surface area contributed by atoms with E-state index in [0.29, 0.717) is 16.3 Å². The summed E-state index contributed by atoms with van der Waals surface area (Å²) in [7, 11) is 1.56. The first kappa shape index (κ1) is 16.6. The van der Waals surface area contributed by atoms with Crippen LogP contribution in [0.3, 0.4) is 0 Å². The van der Waals surface area contributed by atoms with Gasteiger partial charge in [-0.05, 0) is 43.9 Å². The highest BCUT2D eigenvalue weighted by Gasteiger charge is 2.27. The summed E-state index contributed by atoms with van der Waals surface area (Å²) in [5.74, 6) is 0.495. The lowest BCUT2D eigenvalue weighted by molar-refractivity contribution is 0.0892. The Labute approximate surface area is 143 Å². The normalized spacial score (nSPS) is 20.6. The zero-order valence-corrected chi connectivity index (χ0v) is 14.4. The molecule has 23 heavy (non-hydrogen) atoms. The van der Waals surface area contributed by atoms with E-state index in [1.807, 2.05) is 0 Å². The quantitative estimate of drug-likeness (QED) is 0.915. The Morgan fingerprint density at radius 1 is 1.22 bits per heavy atom. The lowest BCUT2D eigenvalue weighted by Gasteiger charge is -2.36. The smallest absolute Gasteiger partial charge is 0.251 e. The number of hydrogen-bond donors (Lipinski definition) is 1. The van der Waals surface area contributed by atoms with Gasteiger partial charge < -0.3 is 15.0 Å². The van der Waals surface area contributed by atoms with Crippen molar-refractivity contribution in [3.8, 4) is 5.75 Å². The Balaban J connectivity index is 1.53. The SMILES string of the molecule is COc1cc(C(=O)NC2CCN(C3CCCC3)CC2)ccc1Cl. The van der Waals surface area contributed by atoms with Crippen molar-refractivity contribution in [1.29, 1.82) is 0 Å². The number of halogens is 1. The van der Waals surface area contributed by atoms with Crippen molar-refractivity contribution in [2.45, 2.75) is 50.6 Å². The maximum absolute atomic E-state index is 12.4. The molecule has 0 spiro atoms. The number of rotatable bonds is 4. The molecule has 0 atom stereocenters. The maximum atomic E-state index is 12.4. The Bertz CT molecular complexity index is 550. The summed E-state index contributed by atoms with van der Waals surface area (Å²) < 4.78 is 5.18. The van der Waals surface area contributed by atoms with Crippen LogP contribution in [0.25, 0.3) is 0 Å². The largest absolute Gasteiger partial charge is 0.495 e. The minimum Gasteiger partial charge on any atom is -0.495 e. The molecule has 0 bridgehead atoms. The van der Waals surface area contributed by atoms with Crippen LogP contribution in [-0.4, -0.2) is 43.1 Å². The van der Waals surface area contributed by atoms with Gasteiger partial charge in [-0.2, -0.15) is 0 Å². The Kier molecular flexibility index (Phi) is 5.44. The van der Waals surface area contributed by atoms with E-state index < -0.39 is 0 Å². The van der Waals surface area contributed by atoms with Crippen LogP contribution in [0.2, 0.25) is 5.02 Å². The summed E-state index contributed by atoms with van der Waals surface area (Å²) in [6.07, 6.45) is 7.52. The van der Waals surface area contributed by atoms with Gasteiger partial charge in [-0.25, -0.2) is 0 Å². The van der Waals surface area contributed by atoms with E-state index in [9.17, 15) is 4.79 Å². The molecule has 0 aromatic heterocycles. The van der Waals surface area contributed by atoms with Gasteiger partial charge >= 0.3 is 0 Å². The second-order valence-corrected chi connectivity index (χ2v) is 6.98. The number of methoxy groups -OCH3 is 1. The van der Waals surface area contributed by atoms with Gasteiger partial charge in [-0.3, -0.25) is 4.79 Å². The van der Waals surface area contributed by atoms with Crippen LogP contribution in [0.1, 0.15) is 48.9 Å². The molecule has 0 radical (unpaired) electrons. The fourth-order valence-corrected chi connectivity index (χ4v) is 3.94. The predicted octanol–water partition coefficient (Wildman–Crippen LogP) is 3.49. The second-order valence-electron chi connectivity index (χ2n) is 6.57. The maximum Gasteiger partial charge on any atom is 0.251 e. The molecule has 126 valence electrons. The summed E-state index contributed by atoms with van der Waals surface area (Å²) in [5.41, 5.74) is 0.601. The lowest BCUT2D eigenvalue weighted by atomic mass is 10.0. The van der Waals surface area contributed by atoms with E-state index >= 15 is 0 Å². The zero-order chi connectivity index (χ0) is 16.2. The lowest BCUT2D eigenvalue weighted by Crippen LogP contribution is -2.47. The molecule has 1 aromatic carbocycles. The number of piperidine rings is 1. The number of likely N-dealkylation sites (tertiary alicyclic amines) is 1. The van der Waals surface area contributed by atoms with Crippen LogP contribution < -0.4 is 10.1 Å². The molecule has 1 saturated carbocycles. The fraction of sp³-hybridized carbons (Fsp3) is 0.611. The molecule has 1 amide bonds. The van der Waals surface area contributed by atoms with Crippen molar-refractivity contribution in [2.75, 3.05) is 20.2 Å². The number of nitrogens with zero attached hydrogens (tertiary/aromatic N) is 1.